The van der Waals surface area contributed by atoms with E-state index in [0.717, 1.165) is 15.4 Å². The Hall–Kier alpha value is -3.38. The quantitative estimate of drug-likeness (QED) is 0.313. The summed E-state index contributed by atoms with van der Waals surface area (Å²) in [6.45, 7) is 4.00. The van der Waals surface area contributed by atoms with Gasteiger partial charge in [0.05, 0.1) is 22.6 Å². The summed E-state index contributed by atoms with van der Waals surface area (Å²) in [7, 11) is -4.29. The number of rotatable bonds is 8. The van der Waals surface area contributed by atoms with E-state index in [4.69, 9.17) is 0 Å². The standard InChI is InChI=1S/C27H26F6N2O3S/c1-17-11-18(2)25(19(3)12-17)39(37,38)35(10-9-20-7-5-4-6-8-20)16-24(36)34-23-14-21(26(28,29)30)13-22(15-23)27(31,32)33/h4-8,11-15H,9-10,16H2,1-3H3,(H,34,36). The average Bonchev–Trinajstić information content (AvgIpc) is 2.80. The van der Waals surface area contributed by atoms with Gasteiger partial charge < -0.3 is 5.32 Å². The van der Waals surface area contributed by atoms with Gasteiger partial charge >= 0.3 is 12.4 Å². The number of hydrogen-bond acceptors (Lipinski definition) is 3. The van der Waals surface area contributed by atoms with E-state index in [9.17, 15) is 39.6 Å². The summed E-state index contributed by atoms with van der Waals surface area (Å²) >= 11 is 0. The topological polar surface area (TPSA) is 66.5 Å². The summed E-state index contributed by atoms with van der Waals surface area (Å²) < 4.78 is 108. The van der Waals surface area contributed by atoms with Gasteiger partial charge in [0.2, 0.25) is 15.9 Å². The molecule has 0 aliphatic rings. The van der Waals surface area contributed by atoms with Crippen molar-refractivity contribution < 1.29 is 39.6 Å². The zero-order valence-electron chi connectivity index (χ0n) is 21.2. The molecule has 0 heterocycles. The zero-order valence-corrected chi connectivity index (χ0v) is 22.1. The second-order valence-corrected chi connectivity index (χ2v) is 11.0. The molecule has 0 aliphatic carbocycles. The van der Waals surface area contributed by atoms with Crippen LogP contribution in [0.4, 0.5) is 32.0 Å². The second kappa shape index (κ2) is 11.4. The predicted octanol–water partition coefficient (Wildman–Crippen LogP) is 6.52. The summed E-state index contributed by atoms with van der Waals surface area (Å²) in [6, 6.07) is 12.8. The van der Waals surface area contributed by atoms with Crippen molar-refractivity contribution in [3.05, 3.63) is 94.0 Å². The second-order valence-electron chi connectivity index (χ2n) is 9.14. The Morgan fingerprint density at radius 3 is 1.82 bits per heavy atom. The Kier molecular flexibility index (Phi) is 8.81. The van der Waals surface area contributed by atoms with Crippen LogP contribution >= 0.6 is 0 Å². The molecule has 0 atom stereocenters. The third-order valence-electron chi connectivity index (χ3n) is 5.89. The number of hydrogen-bond donors (Lipinski definition) is 1. The molecule has 1 amide bonds. The number of halogens is 6. The van der Waals surface area contributed by atoms with Crippen LogP contribution in [0.15, 0.2) is 65.6 Å². The molecule has 5 nitrogen and oxygen atoms in total. The fourth-order valence-corrected chi connectivity index (χ4v) is 6.08. The fraction of sp³-hybridized carbons (Fsp3) is 0.296. The molecule has 0 spiro atoms. The van der Waals surface area contributed by atoms with Crippen molar-refractivity contribution >= 4 is 21.6 Å². The molecule has 210 valence electrons. The molecule has 0 saturated heterocycles. The number of anilines is 1. The van der Waals surface area contributed by atoms with Gasteiger partial charge in [-0.05, 0) is 62.1 Å². The first-order valence-corrected chi connectivity index (χ1v) is 13.1. The fourth-order valence-electron chi connectivity index (χ4n) is 4.27. The van der Waals surface area contributed by atoms with Crippen LogP contribution in [0.3, 0.4) is 0 Å². The Morgan fingerprint density at radius 1 is 0.821 bits per heavy atom. The maximum Gasteiger partial charge on any atom is 0.416 e. The highest BCUT2D eigenvalue weighted by Gasteiger charge is 2.37. The first-order valence-electron chi connectivity index (χ1n) is 11.7. The minimum absolute atomic E-state index is 0.0209. The Morgan fingerprint density at radius 2 is 1.33 bits per heavy atom. The molecule has 0 fully saturated rings. The van der Waals surface area contributed by atoms with Crippen molar-refractivity contribution in [2.45, 2.75) is 44.4 Å². The van der Waals surface area contributed by atoms with E-state index < -0.39 is 51.6 Å². The highest BCUT2D eigenvalue weighted by Crippen LogP contribution is 2.37. The van der Waals surface area contributed by atoms with Crippen molar-refractivity contribution in [2.24, 2.45) is 0 Å². The van der Waals surface area contributed by atoms with Crippen molar-refractivity contribution in [1.82, 2.24) is 4.31 Å². The highest BCUT2D eigenvalue weighted by molar-refractivity contribution is 7.89. The molecule has 0 radical (unpaired) electrons. The number of carbonyl (C=O) groups is 1. The first kappa shape index (κ1) is 30.2. The molecule has 0 bridgehead atoms. The van der Waals surface area contributed by atoms with Crippen LogP contribution in [-0.4, -0.2) is 31.7 Å². The van der Waals surface area contributed by atoms with E-state index in [2.05, 4.69) is 0 Å². The van der Waals surface area contributed by atoms with Gasteiger partial charge in [-0.1, -0.05) is 48.0 Å². The monoisotopic (exact) mass is 572 g/mol. The van der Waals surface area contributed by atoms with Crippen molar-refractivity contribution in [3.8, 4) is 0 Å². The molecule has 12 heteroatoms. The molecule has 0 unspecified atom stereocenters. The van der Waals surface area contributed by atoms with Crippen LogP contribution in [0, 0.1) is 20.8 Å². The number of carbonyl (C=O) groups excluding carboxylic acids is 1. The largest absolute Gasteiger partial charge is 0.416 e. The van der Waals surface area contributed by atoms with Crippen LogP contribution in [0.2, 0.25) is 0 Å². The maximum atomic E-state index is 13.7. The van der Waals surface area contributed by atoms with Gasteiger partial charge in [0, 0.05) is 12.2 Å². The zero-order chi connectivity index (χ0) is 29.2. The lowest BCUT2D eigenvalue weighted by molar-refractivity contribution is -0.143. The van der Waals surface area contributed by atoms with Crippen LogP contribution in [-0.2, 0) is 33.6 Å². The van der Waals surface area contributed by atoms with Gasteiger partial charge in [-0.15, -0.1) is 0 Å². The van der Waals surface area contributed by atoms with Crippen LogP contribution < -0.4 is 5.32 Å². The lowest BCUT2D eigenvalue weighted by Gasteiger charge is -2.24. The molecule has 0 saturated carbocycles. The number of benzene rings is 3. The number of sulfonamides is 1. The minimum Gasteiger partial charge on any atom is -0.325 e. The smallest absolute Gasteiger partial charge is 0.325 e. The van der Waals surface area contributed by atoms with E-state index in [1.807, 2.05) is 5.32 Å². The van der Waals surface area contributed by atoms with E-state index in [1.165, 1.54) is 0 Å². The van der Waals surface area contributed by atoms with E-state index >= 15 is 0 Å². The van der Waals surface area contributed by atoms with Gasteiger partial charge in [-0.2, -0.15) is 30.6 Å². The van der Waals surface area contributed by atoms with E-state index in [1.54, 1.807) is 63.2 Å². The summed E-state index contributed by atoms with van der Waals surface area (Å²) in [4.78, 5) is 12.9. The molecular weight excluding hydrogens is 546 g/mol. The summed E-state index contributed by atoms with van der Waals surface area (Å²) in [5.74, 6) is -1.10. The van der Waals surface area contributed by atoms with Crippen molar-refractivity contribution in [3.63, 3.8) is 0 Å². The summed E-state index contributed by atoms with van der Waals surface area (Å²) in [6.07, 6.45) is -10.0. The van der Waals surface area contributed by atoms with Gasteiger partial charge in [-0.25, -0.2) is 8.42 Å². The van der Waals surface area contributed by atoms with Crippen LogP contribution in [0.5, 0.6) is 0 Å². The lowest BCUT2D eigenvalue weighted by atomic mass is 10.1. The molecule has 3 aromatic rings. The molecule has 3 rings (SSSR count). The normalized spacial score (nSPS) is 12.6. The third-order valence-corrected chi connectivity index (χ3v) is 8.04. The Balaban J connectivity index is 1.96. The van der Waals surface area contributed by atoms with Crippen LogP contribution in [0.1, 0.15) is 33.4 Å². The maximum absolute atomic E-state index is 13.7. The van der Waals surface area contributed by atoms with Gasteiger partial charge in [0.25, 0.3) is 0 Å². The summed E-state index contributed by atoms with van der Waals surface area (Å²) in [5, 5.41) is 2.01. The molecule has 3 aromatic carbocycles. The third kappa shape index (κ3) is 7.60. The number of aryl methyl sites for hydroxylation is 3. The SMILES string of the molecule is Cc1cc(C)c(S(=O)(=O)N(CCc2ccccc2)CC(=O)Nc2cc(C(F)(F)F)cc(C(F)(F)F)c2)c(C)c1. The Labute approximate surface area is 222 Å². The first-order chi connectivity index (χ1) is 18.0. The van der Waals surface area contributed by atoms with Crippen LogP contribution in [0.25, 0.3) is 0 Å². The van der Waals surface area contributed by atoms with Gasteiger partial charge in [0.15, 0.2) is 0 Å². The number of nitrogens with one attached hydrogen (secondary N) is 1. The molecular formula is C27H26F6N2O3S. The van der Waals surface area contributed by atoms with Crippen molar-refractivity contribution in [2.75, 3.05) is 18.4 Å². The number of amides is 1. The number of nitrogens with zero attached hydrogens (tertiary/aromatic N) is 1. The van der Waals surface area contributed by atoms with Gasteiger partial charge in [0.1, 0.15) is 0 Å². The predicted molar refractivity (Wildman–Crippen MR) is 135 cm³/mol. The molecule has 0 aliphatic heterocycles. The Bertz CT molecular complexity index is 1400. The molecule has 1 N–H and O–H groups in total. The molecule has 0 aromatic heterocycles. The highest BCUT2D eigenvalue weighted by atomic mass is 32.2. The molecule has 39 heavy (non-hydrogen) atoms. The van der Waals surface area contributed by atoms with E-state index in [0.29, 0.717) is 23.3 Å². The van der Waals surface area contributed by atoms with Gasteiger partial charge in [-0.3, -0.25) is 4.79 Å². The summed E-state index contributed by atoms with van der Waals surface area (Å²) in [5.41, 5.74) is -1.51. The van der Waals surface area contributed by atoms with E-state index in [-0.39, 0.29) is 23.9 Å². The minimum atomic E-state index is -5.10. The number of alkyl halides is 6. The van der Waals surface area contributed by atoms with Crippen molar-refractivity contribution in [1.29, 1.82) is 0 Å². The lowest BCUT2D eigenvalue weighted by Crippen LogP contribution is -2.40. The average molecular weight is 573 g/mol.